The maximum atomic E-state index is 13.4. The molecule has 0 saturated carbocycles. The van der Waals surface area contributed by atoms with Crippen molar-refractivity contribution in [3.05, 3.63) is 72.1 Å². The van der Waals surface area contributed by atoms with E-state index in [1.807, 2.05) is 49.4 Å². The largest absolute Gasteiger partial charge is 0.389 e. The first kappa shape index (κ1) is 18.7. The number of carbonyl (C=O) groups excluding carboxylic acids is 2. The zero-order valence-corrected chi connectivity index (χ0v) is 17.6. The summed E-state index contributed by atoms with van der Waals surface area (Å²) in [6, 6.07) is 17.0. The lowest BCUT2D eigenvalue weighted by Crippen LogP contribution is -2.45. The number of hydrogen-bond acceptors (Lipinski definition) is 7. The topological polar surface area (TPSA) is 98.9 Å². The fourth-order valence-corrected chi connectivity index (χ4v) is 5.58. The van der Waals surface area contributed by atoms with Crippen molar-refractivity contribution in [1.29, 1.82) is 0 Å². The number of ether oxygens (including phenoxy) is 1. The van der Waals surface area contributed by atoms with Gasteiger partial charge in [-0.15, -0.1) is 5.10 Å². The maximum absolute atomic E-state index is 13.4. The smallest absolute Gasteiger partial charge is 0.240 e. The van der Waals surface area contributed by atoms with Crippen LogP contribution in [0.25, 0.3) is 5.69 Å². The third-order valence-electron chi connectivity index (χ3n) is 7.07. The summed E-state index contributed by atoms with van der Waals surface area (Å²) in [7, 11) is 0. The number of fused-ring (bicyclic) bond motifs is 8. The first-order valence-electron chi connectivity index (χ1n) is 10.9. The molecule has 164 valence electrons. The lowest BCUT2D eigenvalue weighted by Gasteiger charge is -2.25. The monoisotopic (exact) mass is 441 g/mol. The summed E-state index contributed by atoms with van der Waals surface area (Å²) in [6.07, 6.45) is 0.228. The van der Waals surface area contributed by atoms with Gasteiger partial charge in [0.2, 0.25) is 11.8 Å². The molecule has 33 heavy (non-hydrogen) atoms. The second-order valence-corrected chi connectivity index (χ2v) is 8.89. The van der Waals surface area contributed by atoms with Gasteiger partial charge in [0.1, 0.15) is 17.5 Å². The van der Waals surface area contributed by atoms with E-state index in [0.717, 1.165) is 11.3 Å². The van der Waals surface area contributed by atoms with Crippen LogP contribution in [-0.2, 0) is 19.2 Å². The van der Waals surface area contributed by atoms with E-state index in [0.29, 0.717) is 17.1 Å². The molecular weight excluding hydrogens is 422 g/mol. The van der Waals surface area contributed by atoms with Gasteiger partial charge in [-0.3, -0.25) is 9.59 Å². The normalized spacial score (nSPS) is 31.5. The molecule has 2 bridgehead atoms. The lowest BCUT2D eigenvalue weighted by atomic mass is 9.72. The van der Waals surface area contributed by atoms with Crippen LogP contribution in [0.1, 0.15) is 11.3 Å². The van der Waals surface area contributed by atoms with Crippen LogP contribution in [-0.4, -0.2) is 50.8 Å². The van der Waals surface area contributed by atoms with Crippen LogP contribution in [0.5, 0.6) is 0 Å². The standard InChI is InChI=1S/C24H19N5O4/c1-12-7-9-13(10-8-12)28-23(30)16-17(24(28)31)21-22-18(20(16)32-21)19(27-33-22)15-11-25-29(26-15)14-5-3-2-4-6-14/h2-11,16-18,20-22H,1H3/t16-,17+,18-,20-,21+,22-/m1/s1. The summed E-state index contributed by atoms with van der Waals surface area (Å²) < 4.78 is 6.16. The molecule has 0 aliphatic carbocycles. The summed E-state index contributed by atoms with van der Waals surface area (Å²) in [6.45, 7) is 1.97. The second kappa shape index (κ2) is 6.58. The Labute approximate surface area is 188 Å². The fourth-order valence-electron chi connectivity index (χ4n) is 5.58. The zero-order chi connectivity index (χ0) is 22.3. The molecule has 3 saturated heterocycles. The minimum absolute atomic E-state index is 0.223. The van der Waals surface area contributed by atoms with Gasteiger partial charge in [-0.05, 0) is 31.2 Å². The predicted octanol–water partition coefficient (Wildman–Crippen LogP) is 1.88. The number of anilines is 1. The van der Waals surface area contributed by atoms with Crippen LogP contribution < -0.4 is 4.90 Å². The average Bonchev–Trinajstić information content (AvgIpc) is 3.63. The highest BCUT2D eigenvalue weighted by molar-refractivity contribution is 6.23. The lowest BCUT2D eigenvalue weighted by molar-refractivity contribution is -0.125. The van der Waals surface area contributed by atoms with Gasteiger partial charge < -0.3 is 9.57 Å². The number of aryl methyl sites for hydroxylation is 1. The van der Waals surface area contributed by atoms with Gasteiger partial charge in [-0.25, -0.2) is 4.90 Å². The molecule has 9 nitrogen and oxygen atoms in total. The Hall–Kier alpha value is -3.85. The van der Waals surface area contributed by atoms with Crippen molar-refractivity contribution in [3.63, 3.8) is 0 Å². The minimum atomic E-state index is -0.556. The number of amides is 2. The molecule has 5 heterocycles. The van der Waals surface area contributed by atoms with E-state index in [4.69, 9.17) is 9.57 Å². The zero-order valence-electron chi connectivity index (χ0n) is 17.6. The molecule has 4 aliphatic heterocycles. The number of carbonyl (C=O) groups is 2. The molecule has 3 fully saturated rings. The average molecular weight is 441 g/mol. The highest BCUT2D eigenvalue weighted by Gasteiger charge is 2.72. The van der Waals surface area contributed by atoms with Gasteiger partial charge in [-0.2, -0.15) is 9.90 Å². The van der Waals surface area contributed by atoms with Crippen LogP contribution in [0.2, 0.25) is 0 Å². The highest BCUT2D eigenvalue weighted by Crippen LogP contribution is 2.55. The van der Waals surface area contributed by atoms with E-state index in [9.17, 15) is 9.59 Å². The molecule has 0 N–H and O–H groups in total. The van der Waals surface area contributed by atoms with Gasteiger partial charge >= 0.3 is 0 Å². The summed E-state index contributed by atoms with van der Waals surface area (Å²) >= 11 is 0. The fraction of sp³-hybridized carbons (Fsp3) is 0.292. The van der Waals surface area contributed by atoms with E-state index >= 15 is 0 Å². The number of benzene rings is 2. The van der Waals surface area contributed by atoms with E-state index in [1.165, 1.54) is 9.70 Å². The molecule has 3 aromatic rings. The van der Waals surface area contributed by atoms with Crippen LogP contribution >= 0.6 is 0 Å². The highest BCUT2D eigenvalue weighted by atomic mass is 16.7. The Morgan fingerprint density at radius 3 is 2.30 bits per heavy atom. The molecule has 6 atom stereocenters. The molecule has 9 heteroatoms. The van der Waals surface area contributed by atoms with Crippen molar-refractivity contribution < 1.29 is 19.2 Å². The van der Waals surface area contributed by atoms with Crippen molar-refractivity contribution >= 4 is 23.2 Å². The Bertz CT molecular complexity index is 1320. The first-order chi connectivity index (χ1) is 16.1. The summed E-state index contributed by atoms with van der Waals surface area (Å²) in [5, 5.41) is 13.2. The van der Waals surface area contributed by atoms with Crippen molar-refractivity contribution in [3.8, 4) is 5.69 Å². The van der Waals surface area contributed by atoms with Gasteiger partial charge in [0.15, 0.2) is 6.10 Å². The Morgan fingerprint density at radius 2 is 1.55 bits per heavy atom. The minimum Gasteiger partial charge on any atom is -0.389 e. The van der Waals surface area contributed by atoms with Crippen molar-refractivity contribution in [2.45, 2.75) is 25.2 Å². The molecule has 4 aliphatic rings. The van der Waals surface area contributed by atoms with Crippen LogP contribution in [0, 0.1) is 24.7 Å². The molecular formula is C24H19N5O4. The molecule has 7 rings (SSSR count). The summed E-state index contributed by atoms with van der Waals surface area (Å²) in [5.41, 5.74) is 3.67. The summed E-state index contributed by atoms with van der Waals surface area (Å²) in [4.78, 5) is 35.3. The molecule has 1 aromatic heterocycles. The Morgan fingerprint density at radius 1 is 0.818 bits per heavy atom. The number of rotatable bonds is 3. The quantitative estimate of drug-likeness (QED) is 0.576. The number of aromatic nitrogens is 3. The molecule has 0 unspecified atom stereocenters. The van der Waals surface area contributed by atoms with Gasteiger partial charge in [-0.1, -0.05) is 41.1 Å². The molecule has 0 radical (unpaired) electrons. The third kappa shape index (κ3) is 2.48. The van der Waals surface area contributed by atoms with Crippen LogP contribution in [0.4, 0.5) is 5.69 Å². The van der Waals surface area contributed by atoms with Gasteiger partial charge in [0.05, 0.1) is 41.4 Å². The van der Waals surface area contributed by atoms with Crippen molar-refractivity contribution in [2.75, 3.05) is 4.90 Å². The predicted molar refractivity (Wildman–Crippen MR) is 116 cm³/mol. The van der Waals surface area contributed by atoms with Gasteiger partial charge in [0.25, 0.3) is 0 Å². The van der Waals surface area contributed by atoms with E-state index < -0.39 is 30.1 Å². The SMILES string of the molecule is Cc1ccc(N2C(=O)[C@@H]3[C@@H]4O[C@@H]([C@H]5C(c6cnn(-c7ccccc7)n6)=NO[C@@H]45)[C@@H]3C2=O)cc1. The van der Waals surface area contributed by atoms with E-state index in [-0.39, 0.29) is 17.7 Å². The maximum Gasteiger partial charge on any atom is 0.240 e. The second-order valence-electron chi connectivity index (χ2n) is 8.89. The number of nitrogens with zero attached hydrogens (tertiary/aromatic N) is 5. The number of imide groups is 1. The van der Waals surface area contributed by atoms with Crippen LogP contribution in [0.15, 0.2) is 65.9 Å². The third-order valence-corrected chi connectivity index (χ3v) is 7.07. The first-order valence-corrected chi connectivity index (χ1v) is 10.9. The Balaban J connectivity index is 1.20. The molecule has 2 amide bonds. The van der Waals surface area contributed by atoms with Gasteiger partial charge in [0, 0.05) is 0 Å². The number of hydrogen-bond donors (Lipinski definition) is 0. The van der Waals surface area contributed by atoms with E-state index in [1.54, 1.807) is 18.3 Å². The molecule has 0 spiro atoms. The number of oxime groups is 1. The van der Waals surface area contributed by atoms with Crippen molar-refractivity contribution in [2.24, 2.45) is 22.9 Å². The molecule has 2 aromatic carbocycles. The Kier molecular flexibility index (Phi) is 3.73. The number of para-hydroxylation sites is 1. The van der Waals surface area contributed by atoms with Crippen molar-refractivity contribution in [1.82, 2.24) is 15.0 Å². The van der Waals surface area contributed by atoms with E-state index in [2.05, 4.69) is 15.4 Å². The van der Waals surface area contributed by atoms with Crippen LogP contribution in [0.3, 0.4) is 0 Å². The summed E-state index contributed by atoms with van der Waals surface area (Å²) in [5.74, 6) is -1.83.